The Balaban J connectivity index is 2.24. The molecule has 2 rings (SSSR count). The van der Waals surface area contributed by atoms with Crippen LogP contribution < -0.4 is 0 Å². The zero-order chi connectivity index (χ0) is 14.0. The maximum atomic E-state index is 11.4. The predicted molar refractivity (Wildman–Crippen MR) is 72.2 cm³/mol. The normalized spacial score (nSPS) is 16.1. The van der Waals surface area contributed by atoms with Crippen molar-refractivity contribution in [3.05, 3.63) is 29.3 Å². The van der Waals surface area contributed by atoms with Gasteiger partial charge in [0.2, 0.25) is 0 Å². The van der Waals surface area contributed by atoms with Crippen LogP contribution in [0.1, 0.15) is 41.6 Å². The van der Waals surface area contributed by atoms with Crippen molar-refractivity contribution in [2.75, 3.05) is 6.26 Å². The average Bonchev–Trinajstić information content (AvgIpc) is 2.25. The molecule has 0 spiro atoms. The number of carboxylic acid groups (broad SMARTS) is 1. The van der Waals surface area contributed by atoms with E-state index in [0.29, 0.717) is 12.3 Å². The fraction of sp³-hybridized carbons (Fsp3) is 0.500. The number of aryl methyl sites for hydroxylation is 1. The molecule has 1 fully saturated rings. The van der Waals surface area contributed by atoms with Gasteiger partial charge in [0.1, 0.15) is 0 Å². The van der Waals surface area contributed by atoms with Crippen LogP contribution in [0.15, 0.2) is 23.1 Å². The first-order valence-corrected chi connectivity index (χ1v) is 8.33. The maximum Gasteiger partial charge on any atom is 0.336 e. The number of rotatable bonds is 5. The number of aromatic carboxylic acids is 1. The Morgan fingerprint density at radius 1 is 1.37 bits per heavy atom. The van der Waals surface area contributed by atoms with E-state index in [1.807, 2.05) is 0 Å². The highest BCUT2D eigenvalue weighted by molar-refractivity contribution is 7.90. The van der Waals surface area contributed by atoms with Crippen LogP contribution >= 0.6 is 0 Å². The van der Waals surface area contributed by atoms with Gasteiger partial charge in [-0.05, 0) is 36.5 Å². The predicted octanol–water partition coefficient (Wildman–Crippen LogP) is 2.52. The third-order valence-electron chi connectivity index (χ3n) is 3.79. The van der Waals surface area contributed by atoms with E-state index >= 15 is 0 Å². The molecular weight excluding hydrogens is 264 g/mol. The Bertz CT molecular complexity index is 585. The molecule has 0 atom stereocenters. The second-order valence-electron chi connectivity index (χ2n) is 5.23. The molecule has 1 aromatic carbocycles. The first-order chi connectivity index (χ1) is 8.88. The maximum absolute atomic E-state index is 11.4. The Morgan fingerprint density at radius 3 is 2.53 bits per heavy atom. The first-order valence-electron chi connectivity index (χ1n) is 6.44. The molecule has 104 valence electrons. The highest BCUT2D eigenvalue weighted by Crippen LogP contribution is 2.31. The van der Waals surface area contributed by atoms with E-state index < -0.39 is 15.8 Å². The Hall–Kier alpha value is -1.36. The highest BCUT2D eigenvalue weighted by Gasteiger charge is 2.20. The third-order valence-corrected chi connectivity index (χ3v) is 4.90. The summed E-state index contributed by atoms with van der Waals surface area (Å²) >= 11 is 0. The van der Waals surface area contributed by atoms with Crippen molar-refractivity contribution in [1.82, 2.24) is 0 Å². The van der Waals surface area contributed by atoms with Gasteiger partial charge in [-0.3, -0.25) is 0 Å². The summed E-state index contributed by atoms with van der Waals surface area (Å²) < 4.78 is 22.9. The summed E-state index contributed by atoms with van der Waals surface area (Å²) in [4.78, 5) is 11.3. The summed E-state index contributed by atoms with van der Waals surface area (Å²) in [5, 5.41) is 9.20. The van der Waals surface area contributed by atoms with Crippen molar-refractivity contribution in [3.8, 4) is 0 Å². The van der Waals surface area contributed by atoms with Gasteiger partial charge < -0.3 is 5.11 Å². The molecular formula is C14H18O4S. The van der Waals surface area contributed by atoms with Crippen LogP contribution in [0.25, 0.3) is 0 Å². The lowest BCUT2D eigenvalue weighted by Crippen LogP contribution is -2.13. The smallest absolute Gasteiger partial charge is 0.336 e. The number of carboxylic acids is 1. The minimum absolute atomic E-state index is 0.0669. The van der Waals surface area contributed by atoms with E-state index in [4.69, 9.17) is 0 Å². The fourth-order valence-electron chi connectivity index (χ4n) is 2.34. The van der Waals surface area contributed by atoms with Crippen molar-refractivity contribution in [1.29, 1.82) is 0 Å². The minimum Gasteiger partial charge on any atom is -0.478 e. The molecule has 0 aliphatic heterocycles. The number of carbonyl (C=O) groups is 1. The molecule has 1 aliphatic carbocycles. The molecule has 0 unspecified atom stereocenters. The Labute approximate surface area is 113 Å². The van der Waals surface area contributed by atoms with Gasteiger partial charge in [0, 0.05) is 6.26 Å². The number of hydrogen-bond acceptors (Lipinski definition) is 3. The lowest BCUT2D eigenvalue weighted by atomic mass is 9.81. The van der Waals surface area contributed by atoms with E-state index in [2.05, 4.69) is 0 Å². The van der Waals surface area contributed by atoms with Crippen molar-refractivity contribution >= 4 is 15.8 Å². The zero-order valence-electron chi connectivity index (χ0n) is 10.9. The summed E-state index contributed by atoms with van der Waals surface area (Å²) in [6.45, 7) is 0. The molecule has 0 radical (unpaired) electrons. The van der Waals surface area contributed by atoms with Crippen LogP contribution in [0.2, 0.25) is 0 Å². The zero-order valence-corrected chi connectivity index (χ0v) is 11.7. The van der Waals surface area contributed by atoms with Gasteiger partial charge in [-0.15, -0.1) is 0 Å². The van der Waals surface area contributed by atoms with E-state index in [-0.39, 0.29) is 10.5 Å². The molecule has 1 aromatic rings. The largest absolute Gasteiger partial charge is 0.478 e. The van der Waals surface area contributed by atoms with Crippen molar-refractivity contribution < 1.29 is 18.3 Å². The molecule has 1 aliphatic rings. The number of benzene rings is 1. The second-order valence-corrected chi connectivity index (χ2v) is 7.25. The molecule has 1 saturated carbocycles. The first kappa shape index (κ1) is 14.1. The van der Waals surface area contributed by atoms with Crippen molar-refractivity contribution in [2.45, 2.75) is 37.0 Å². The summed E-state index contributed by atoms with van der Waals surface area (Å²) in [6.07, 6.45) is 6.49. The van der Waals surface area contributed by atoms with Gasteiger partial charge in [-0.1, -0.05) is 25.3 Å². The number of sulfone groups is 1. The molecule has 5 heteroatoms. The Kier molecular flexibility index (Phi) is 3.94. The summed E-state index contributed by atoms with van der Waals surface area (Å²) in [5.74, 6) is -0.356. The quantitative estimate of drug-likeness (QED) is 0.900. The SMILES string of the molecule is CS(=O)(=O)c1ccc(CCC2CCC2)c(C(=O)O)c1. The Morgan fingerprint density at radius 2 is 2.05 bits per heavy atom. The topological polar surface area (TPSA) is 71.4 Å². The molecule has 0 aromatic heterocycles. The van der Waals surface area contributed by atoms with Crippen LogP contribution in [0.4, 0.5) is 0 Å². The summed E-state index contributed by atoms with van der Waals surface area (Å²) in [6, 6.07) is 4.41. The van der Waals surface area contributed by atoms with Crippen LogP contribution in [-0.4, -0.2) is 25.7 Å². The van der Waals surface area contributed by atoms with E-state index in [9.17, 15) is 18.3 Å². The molecule has 0 saturated heterocycles. The van der Waals surface area contributed by atoms with Crippen LogP contribution in [-0.2, 0) is 16.3 Å². The van der Waals surface area contributed by atoms with Crippen molar-refractivity contribution in [2.24, 2.45) is 5.92 Å². The molecule has 1 N–H and O–H groups in total. The molecule has 4 nitrogen and oxygen atoms in total. The van der Waals surface area contributed by atoms with E-state index in [0.717, 1.165) is 18.2 Å². The standard InChI is InChI=1S/C14H18O4S/c1-19(17,18)12-8-7-11(13(9-12)14(15)16)6-5-10-3-2-4-10/h7-10H,2-6H2,1H3,(H,15,16). The van der Waals surface area contributed by atoms with Gasteiger partial charge >= 0.3 is 5.97 Å². The van der Waals surface area contributed by atoms with Gasteiger partial charge in [0.15, 0.2) is 9.84 Å². The van der Waals surface area contributed by atoms with Crippen LogP contribution in [0.3, 0.4) is 0 Å². The molecule has 0 bridgehead atoms. The van der Waals surface area contributed by atoms with Gasteiger partial charge in [-0.2, -0.15) is 0 Å². The molecule has 0 amide bonds. The number of hydrogen-bond donors (Lipinski definition) is 1. The van der Waals surface area contributed by atoms with Gasteiger partial charge in [-0.25, -0.2) is 13.2 Å². The summed E-state index contributed by atoms with van der Waals surface area (Å²) in [5.41, 5.74) is 0.842. The van der Waals surface area contributed by atoms with Gasteiger partial charge in [0.05, 0.1) is 10.5 Å². The van der Waals surface area contributed by atoms with Crippen LogP contribution in [0.5, 0.6) is 0 Å². The third kappa shape index (κ3) is 3.35. The average molecular weight is 282 g/mol. The molecule has 0 heterocycles. The fourth-order valence-corrected chi connectivity index (χ4v) is 2.99. The second kappa shape index (κ2) is 5.33. The van der Waals surface area contributed by atoms with E-state index in [1.165, 1.54) is 31.4 Å². The molecule has 19 heavy (non-hydrogen) atoms. The highest BCUT2D eigenvalue weighted by atomic mass is 32.2. The summed E-state index contributed by atoms with van der Waals surface area (Å²) in [7, 11) is -3.36. The minimum atomic E-state index is -3.36. The lowest BCUT2D eigenvalue weighted by Gasteiger charge is -2.25. The van der Waals surface area contributed by atoms with E-state index in [1.54, 1.807) is 6.07 Å². The van der Waals surface area contributed by atoms with Crippen molar-refractivity contribution in [3.63, 3.8) is 0 Å². The lowest BCUT2D eigenvalue weighted by molar-refractivity contribution is 0.0695. The monoisotopic (exact) mass is 282 g/mol. The van der Waals surface area contributed by atoms with Gasteiger partial charge in [0.25, 0.3) is 0 Å². The van der Waals surface area contributed by atoms with Crippen LogP contribution in [0, 0.1) is 5.92 Å².